The highest BCUT2D eigenvalue weighted by Gasteiger charge is 2.35. The molecule has 2 N–H and O–H groups in total. The summed E-state index contributed by atoms with van der Waals surface area (Å²) in [6, 6.07) is 0. The van der Waals surface area contributed by atoms with Crippen LogP contribution in [0.5, 0.6) is 5.75 Å². The predicted molar refractivity (Wildman–Crippen MR) is 50.8 cm³/mol. The lowest BCUT2D eigenvalue weighted by Crippen LogP contribution is -2.14. The summed E-state index contributed by atoms with van der Waals surface area (Å²) in [6.45, 7) is -0.209. The van der Waals surface area contributed by atoms with Gasteiger partial charge < -0.3 is 10.5 Å². The van der Waals surface area contributed by atoms with Crippen molar-refractivity contribution in [2.24, 2.45) is 5.73 Å². The summed E-state index contributed by atoms with van der Waals surface area (Å²) in [4.78, 5) is 3.54. The summed E-state index contributed by atoms with van der Waals surface area (Å²) in [5, 5.41) is 0. The molecule has 1 fully saturated rings. The number of hydrogen-bond donors (Lipinski definition) is 1. The van der Waals surface area contributed by atoms with E-state index in [1.54, 1.807) is 0 Å². The number of rotatable bonds is 3. The lowest BCUT2D eigenvalue weighted by atomic mass is 10.1. The fraction of sp³-hybridized carbons (Fsp3) is 0.500. The Kier molecular flexibility index (Phi) is 2.75. The van der Waals surface area contributed by atoms with Gasteiger partial charge in [0.15, 0.2) is 0 Å². The van der Waals surface area contributed by atoms with Gasteiger partial charge in [-0.15, -0.1) is 0 Å². The molecule has 0 aromatic carbocycles. The molecule has 3 nitrogen and oxygen atoms in total. The van der Waals surface area contributed by atoms with Crippen LogP contribution in [0.4, 0.5) is 13.2 Å². The number of nitrogens with two attached hydrogens (primary N) is 1. The zero-order chi connectivity index (χ0) is 11.8. The van der Waals surface area contributed by atoms with Gasteiger partial charge in [0, 0.05) is 18.3 Å². The van der Waals surface area contributed by atoms with Crippen molar-refractivity contribution in [3.05, 3.63) is 23.5 Å². The number of alkyl halides is 3. The average Bonchev–Trinajstić information content (AvgIpc) is 3.00. The second-order valence-corrected chi connectivity index (χ2v) is 3.68. The number of pyridine rings is 1. The number of hydrogen-bond acceptors (Lipinski definition) is 3. The van der Waals surface area contributed by atoms with Crippen molar-refractivity contribution in [2.75, 3.05) is 0 Å². The zero-order valence-corrected chi connectivity index (χ0v) is 8.42. The fourth-order valence-corrected chi connectivity index (χ4v) is 1.39. The molecule has 6 heteroatoms. The lowest BCUT2D eigenvalue weighted by Gasteiger charge is -2.15. The van der Waals surface area contributed by atoms with Gasteiger partial charge in [0.25, 0.3) is 0 Å². The summed E-state index contributed by atoms with van der Waals surface area (Å²) < 4.78 is 43.2. The molecular weight excluding hydrogens is 221 g/mol. The van der Waals surface area contributed by atoms with Gasteiger partial charge in [-0.2, -0.15) is 13.2 Å². The fourth-order valence-electron chi connectivity index (χ4n) is 1.39. The third kappa shape index (κ3) is 2.27. The van der Waals surface area contributed by atoms with E-state index in [0.29, 0.717) is 0 Å². The van der Waals surface area contributed by atoms with Gasteiger partial charge >= 0.3 is 6.18 Å². The molecule has 0 bridgehead atoms. The van der Waals surface area contributed by atoms with Crippen molar-refractivity contribution in [2.45, 2.75) is 31.7 Å². The van der Waals surface area contributed by atoms with Crippen molar-refractivity contribution in [3.8, 4) is 5.75 Å². The minimum absolute atomic E-state index is 0.0191. The largest absolute Gasteiger partial charge is 0.488 e. The van der Waals surface area contributed by atoms with Gasteiger partial charge in [0.05, 0.1) is 17.9 Å². The van der Waals surface area contributed by atoms with Crippen LogP contribution >= 0.6 is 0 Å². The minimum Gasteiger partial charge on any atom is -0.488 e. The highest BCUT2D eigenvalue weighted by atomic mass is 19.4. The van der Waals surface area contributed by atoms with E-state index >= 15 is 0 Å². The quantitative estimate of drug-likeness (QED) is 0.868. The Hall–Kier alpha value is -1.30. The first-order valence-electron chi connectivity index (χ1n) is 4.93. The van der Waals surface area contributed by atoms with Crippen molar-refractivity contribution >= 4 is 0 Å². The van der Waals surface area contributed by atoms with Crippen LogP contribution in [0, 0.1) is 0 Å². The molecule has 0 aliphatic heterocycles. The molecule has 1 saturated carbocycles. The lowest BCUT2D eigenvalue weighted by molar-refractivity contribution is -0.138. The summed E-state index contributed by atoms with van der Waals surface area (Å²) in [6.07, 6.45) is -0.598. The Morgan fingerprint density at radius 2 is 2.06 bits per heavy atom. The first kappa shape index (κ1) is 11.2. The number of halogens is 3. The molecule has 1 aliphatic carbocycles. The van der Waals surface area contributed by atoms with E-state index in [-0.39, 0.29) is 24.0 Å². The van der Waals surface area contributed by atoms with E-state index in [1.807, 2.05) is 0 Å². The highest BCUT2D eigenvalue weighted by molar-refractivity contribution is 5.39. The monoisotopic (exact) mass is 232 g/mol. The predicted octanol–water partition coefficient (Wildman–Crippen LogP) is 2.10. The van der Waals surface area contributed by atoms with Crippen molar-refractivity contribution in [1.29, 1.82) is 0 Å². The van der Waals surface area contributed by atoms with E-state index in [1.165, 1.54) is 6.20 Å². The number of ether oxygens (including phenoxy) is 1. The molecule has 1 aromatic rings. The minimum atomic E-state index is -4.44. The molecule has 2 rings (SSSR count). The maximum atomic E-state index is 12.6. The second kappa shape index (κ2) is 3.93. The molecule has 1 aromatic heterocycles. The van der Waals surface area contributed by atoms with E-state index in [2.05, 4.69) is 4.98 Å². The maximum Gasteiger partial charge on any atom is 0.418 e. The Balaban J connectivity index is 2.37. The second-order valence-electron chi connectivity index (χ2n) is 3.68. The molecule has 1 aliphatic rings. The van der Waals surface area contributed by atoms with Crippen molar-refractivity contribution in [1.82, 2.24) is 4.98 Å². The molecule has 0 atom stereocenters. The first-order chi connectivity index (χ1) is 7.52. The van der Waals surface area contributed by atoms with E-state index in [9.17, 15) is 13.2 Å². The van der Waals surface area contributed by atoms with Gasteiger partial charge in [-0.05, 0) is 12.8 Å². The molecule has 88 valence electrons. The Morgan fingerprint density at radius 1 is 1.38 bits per heavy atom. The van der Waals surface area contributed by atoms with Gasteiger partial charge in [-0.3, -0.25) is 4.98 Å². The van der Waals surface area contributed by atoms with E-state index < -0.39 is 11.7 Å². The Bertz CT molecular complexity index is 388. The summed E-state index contributed by atoms with van der Waals surface area (Å²) >= 11 is 0. The van der Waals surface area contributed by atoms with Crippen LogP contribution in [-0.2, 0) is 12.7 Å². The van der Waals surface area contributed by atoms with Crippen LogP contribution in [0.3, 0.4) is 0 Å². The molecule has 0 amide bonds. The smallest absolute Gasteiger partial charge is 0.418 e. The molecule has 16 heavy (non-hydrogen) atoms. The van der Waals surface area contributed by atoms with Gasteiger partial charge in [-0.25, -0.2) is 0 Å². The van der Waals surface area contributed by atoms with Crippen molar-refractivity contribution < 1.29 is 17.9 Å². The Morgan fingerprint density at radius 3 is 2.56 bits per heavy atom. The maximum absolute atomic E-state index is 12.6. The van der Waals surface area contributed by atoms with Crippen LogP contribution in [0.15, 0.2) is 12.4 Å². The Labute approximate surface area is 90.4 Å². The van der Waals surface area contributed by atoms with Crippen LogP contribution in [0.1, 0.15) is 24.0 Å². The molecule has 0 radical (unpaired) electrons. The SMILES string of the molecule is NCc1c(OC2CC2)cncc1C(F)(F)F. The molecule has 0 saturated heterocycles. The van der Waals surface area contributed by atoms with Crippen LogP contribution in [-0.4, -0.2) is 11.1 Å². The summed E-state index contributed by atoms with van der Waals surface area (Å²) in [5.74, 6) is 0.153. The van der Waals surface area contributed by atoms with Crippen molar-refractivity contribution in [3.63, 3.8) is 0 Å². The topological polar surface area (TPSA) is 48.1 Å². The first-order valence-corrected chi connectivity index (χ1v) is 4.93. The van der Waals surface area contributed by atoms with Crippen LogP contribution in [0.2, 0.25) is 0 Å². The zero-order valence-electron chi connectivity index (χ0n) is 8.42. The van der Waals surface area contributed by atoms with Gasteiger partial charge in [-0.1, -0.05) is 0 Å². The summed E-state index contributed by atoms with van der Waals surface area (Å²) in [5.41, 5.74) is 4.51. The average molecular weight is 232 g/mol. The molecule has 0 spiro atoms. The van der Waals surface area contributed by atoms with Crippen LogP contribution in [0.25, 0.3) is 0 Å². The summed E-state index contributed by atoms with van der Waals surface area (Å²) in [7, 11) is 0. The standard InChI is InChI=1S/C10H11F3N2O/c11-10(12,13)8-4-15-5-9(7(8)3-14)16-6-1-2-6/h4-6H,1-3,14H2. The third-order valence-corrected chi connectivity index (χ3v) is 2.35. The molecule has 1 heterocycles. The normalized spacial score (nSPS) is 16.2. The van der Waals surface area contributed by atoms with Crippen LogP contribution < -0.4 is 10.5 Å². The third-order valence-electron chi connectivity index (χ3n) is 2.35. The van der Waals surface area contributed by atoms with Gasteiger partial charge in [0.2, 0.25) is 0 Å². The van der Waals surface area contributed by atoms with Gasteiger partial charge in [0.1, 0.15) is 5.75 Å². The molecular formula is C10H11F3N2O. The van der Waals surface area contributed by atoms with E-state index in [0.717, 1.165) is 19.0 Å². The number of aromatic nitrogens is 1. The highest BCUT2D eigenvalue weighted by Crippen LogP contribution is 2.36. The molecule has 0 unspecified atom stereocenters. The number of nitrogens with zero attached hydrogens (tertiary/aromatic N) is 1. The van der Waals surface area contributed by atoms with E-state index in [4.69, 9.17) is 10.5 Å².